The van der Waals surface area contributed by atoms with Crippen molar-refractivity contribution in [2.24, 2.45) is 0 Å². The third-order valence-electron chi connectivity index (χ3n) is 5.46. The zero-order chi connectivity index (χ0) is 21.8. The number of amides is 1. The highest BCUT2D eigenvalue weighted by atomic mass is 79.9. The van der Waals surface area contributed by atoms with E-state index in [0.29, 0.717) is 6.42 Å². The highest BCUT2D eigenvalue weighted by Crippen LogP contribution is 2.44. The summed E-state index contributed by atoms with van der Waals surface area (Å²) in [6.45, 7) is 0.191. The van der Waals surface area contributed by atoms with Crippen LogP contribution in [0.4, 0.5) is 4.79 Å². The molecule has 158 valence electrons. The topological polar surface area (TPSA) is 75.6 Å². The molecule has 0 bridgehead atoms. The first-order chi connectivity index (χ1) is 15.0. The molecule has 1 atom stereocenters. The lowest BCUT2D eigenvalue weighted by molar-refractivity contribution is -0.137. The Kier molecular flexibility index (Phi) is 6.37. The van der Waals surface area contributed by atoms with Crippen LogP contribution in [0, 0.1) is 0 Å². The van der Waals surface area contributed by atoms with Gasteiger partial charge in [0.15, 0.2) is 0 Å². The van der Waals surface area contributed by atoms with E-state index in [1.54, 1.807) is 0 Å². The number of hydrogen-bond donors (Lipinski definition) is 2. The molecule has 0 radical (unpaired) electrons. The van der Waals surface area contributed by atoms with Crippen LogP contribution in [0.3, 0.4) is 0 Å². The number of halogens is 1. The second kappa shape index (κ2) is 9.35. The maximum Gasteiger partial charge on any atom is 0.407 e. The fourth-order valence-corrected chi connectivity index (χ4v) is 4.59. The van der Waals surface area contributed by atoms with Gasteiger partial charge in [0.1, 0.15) is 6.61 Å². The van der Waals surface area contributed by atoms with Crippen molar-refractivity contribution in [1.29, 1.82) is 0 Å². The van der Waals surface area contributed by atoms with Crippen molar-refractivity contribution in [3.8, 4) is 11.1 Å². The van der Waals surface area contributed by atoms with Crippen LogP contribution in [0.5, 0.6) is 0 Å². The first-order valence-corrected chi connectivity index (χ1v) is 10.9. The number of carboxylic acid groups (broad SMARTS) is 1. The number of benzene rings is 3. The average molecular weight is 480 g/mol. The average Bonchev–Trinajstić information content (AvgIpc) is 3.06. The normalized spacial score (nSPS) is 13.2. The number of fused-ring (bicyclic) bond motifs is 3. The largest absolute Gasteiger partial charge is 0.481 e. The molecule has 3 aromatic rings. The van der Waals surface area contributed by atoms with Crippen LogP contribution >= 0.6 is 15.9 Å². The summed E-state index contributed by atoms with van der Waals surface area (Å²) in [6, 6.07) is 23.3. The second-order valence-corrected chi connectivity index (χ2v) is 8.51. The Morgan fingerprint density at radius 1 is 0.968 bits per heavy atom. The van der Waals surface area contributed by atoms with Gasteiger partial charge in [-0.3, -0.25) is 4.79 Å². The molecule has 5 nitrogen and oxygen atoms in total. The number of aliphatic carboxylic acids is 1. The number of carbonyl (C=O) groups excluding carboxylic acids is 1. The lowest BCUT2D eigenvalue weighted by Crippen LogP contribution is -2.39. The standard InChI is InChI=1S/C25H22BrNO4/c26-17-7-5-6-16(12-17)13-18(14-24(28)29)27-25(30)31-15-23-21-10-3-1-8-19(21)20-9-2-4-11-22(20)23/h1-12,18,23H,13-15H2,(H,27,30)(H,28,29)/t18-/m0/s1. The molecular formula is C25H22BrNO4. The molecule has 1 aliphatic rings. The Morgan fingerprint density at radius 2 is 1.61 bits per heavy atom. The van der Waals surface area contributed by atoms with Gasteiger partial charge in [0.2, 0.25) is 0 Å². The van der Waals surface area contributed by atoms with Gasteiger partial charge in [-0.25, -0.2) is 4.79 Å². The summed E-state index contributed by atoms with van der Waals surface area (Å²) in [5, 5.41) is 12.0. The third kappa shape index (κ3) is 4.97. The van der Waals surface area contributed by atoms with E-state index in [9.17, 15) is 14.7 Å². The van der Waals surface area contributed by atoms with E-state index in [1.165, 1.54) is 0 Å². The molecule has 6 heteroatoms. The van der Waals surface area contributed by atoms with E-state index in [1.807, 2.05) is 48.5 Å². The van der Waals surface area contributed by atoms with Crippen molar-refractivity contribution >= 4 is 28.0 Å². The van der Waals surface area contributed by atoms with Gasteiger partial charge in [0, 0.05) is 16.4 Å². The number of hydrogen-bond acceptors (Lipinski definition) is 3. The molecule has 0 spiro atoms. The summed E-state index contributed by atoms with van der Waals surface area (Å²) in [4.78, 5) is 23.8. The molecule has 0 saturated carbocycles. The summed E-state index contributed by atoms with van der Waals surface area (Å²) >= 11 is 3.41. The van der Waals surface area contributed by atoms with Crippen molar-refractivity contribution in [2.45, 2.75) is 24.8 Å². The van der Waals surface area contributed by atoms with E-state index < -0.39 is 18.1 Å². The van der Waals surface area contributed by atoms with Crippen molar-refractivity contribution in [3.63, 3.8) is 0 Å². The molecule has 0 aromatic heterocycles. The highest BCUT2D eigenvalue weighted by molar-refractivity contribution is 9.10. The van der Waals surface area contributed by atoms with Crippen LogP contribution in [0.15, 0.2) is 77.3 Å². The Hall–Kier alpha value is -3.12. The van der Waals surface area contributed by atoms with Gasteiger partial charge in [-0.05, 0) is 46.4 Å². The molecular weight excluding hydrogens is 458 g/mol. The predicted octanol–water partition coefficient (Wildman–Crippen LogP) is 5.37. The van der Waals surface area contributed by atoms with Crippen LogP contribution in [0.1, 0.15) is 29.0 Å². The summed E-state index contributed by atoms with van der Waals surface area (Å²) in [7, 11) is 0. The van der Waals surface area contributed by atoms with E-state index >= 15 is 0 Å². The molecule has 1 amide bonds. The maximum atomic E-state index is 12.5. The van der Waals surface area contributed by atoms with E-state index in [-0.39, 0.29) is 18.9 Å². The van der Waals surface area contributed by atoms with Gasteiger partial charge >= 0.3 is 12.1 Å². The fraction of sp³-hybridized carbons (Fsp3) is 0.200. The molecule has 31 heavy (non-hydrogen) atoms. The minimum atomic E-state index is -0.973. The number of carboxylic acids is 1. The smallest absolute Gasteiger partial charge is 0.407 e. The van der Waals surface area contributed by atoms with Crippen LogP contribution in [0.25, 0.3) is 11.1 Å². The van der Waals surface area contributed by atoms with Gasteiger partial charge in [-0.15, -0.1) is 0 Å². The molecule has 2 N–H and O–H groups in total. The number of alkyl carbamates (subject to hydrolysis) is 1. The summed E-state index contributed by atoms with van der Waals surface area (Å²) in [5.74, 6) is -1.01. The van der Waals surface area contributed by atoms with Crippen LogP contribution in [0.2, 0.25) is 0 Å². The number of rotatable bonds is 7. The molecule has 4 rings (SSSR count). The lowest BCUT2D eigenvalue weighted by Gasteiger charge is -2.19. The van der Waals surface area contributed by atoms with Crippen molar-refractivity contribution in [2.75, 3.05) is 6.61 Å². The molecule has 1 aliphatic carbocycles. The molecule has 0 aliphatic heterocycles. The van der Waals surface area contributed by atoms with Crippen molar-refractivity contribution < 1.29 is 19.4 Å². The first-order valence-electron chi connectivity index (χ1n) is 10.1. The highest BCUT2D eigenvalue weighted by Gasteiger charge is 2.29. The lowest BCUT2D eigenvalue weighted by atomic mass is 9.98. The zero-order valence-electron chi connectivity index (χ0n) is 16.8. The van der Waals surface area contributed by atoms with Crippen molar-refractivity contribution in [3.05, 3.63) is 94.0 Å². The number of ether oxygens (including phenoxy) is 1. The molecule has 0 saturated heterocycles. The Bertz CT molecular complexity index is 1070. The van der Waals surface area contributed by atoms with Gasteiger partial charge in [-0.1, -0.05) is 76.6 Å². The second-order valence-electron chi connectivity index (χ2n) is 7.60. The molecule has 0 heterocycles. The predicted molar refractivity (Wildman–Crippen MR) is 122 cm³/mol. The van der Waals surface area contributed by atoms with Crippen LogP contribution < -0.4 is 5.32 Å². The monoisotopic (exact) mass is 479 g/mol. The minimum absolute atomic E-state index is 0.0406. The Balaban J connectivity index is 1.43. The van der Waals surface area contributed by atoms with Crippen LogP contribution in [-0.2, 0) is 16.0 Å². The van der Waals surface area contributed by atoms with Gasteiger partial charge < -0.3 is 15.2 Å². The summed E-state index contributed by atoms with van der Waals surface area (Å²) < 4.78 is 6.46. The maximum absolute atomic E-state index is 12.5. The fourth-order valence-electron chi connectivity index (χ4n) is 4.14. The molecule has 0 unspecified atom stereocenters. The number of carbonyl (C=O) groups is 2. The summed E-state index contributed by atoms with van der Waals surface area (Å²) in [5.41, 5.74) is 5.51. The number of nitrogens with one attached hydrogen (secondary N) is 1. The van der Waals surface area contributed by atoms with E-state index in [4.69, 9.17) is 4.74 Å². The molecule has 3 aromatic carbocycles. The van der Waals surface area contributed by atoms with Crippen molar-refractivity contribution in [1.82, 2.24) is 5.32 Å². The minimum Gasteiger partial charge on any atom is -0.481 e. The third-order valence-corrected chi connectivity index (χ3v) is 5.95. The quantitative estimate of drug-likeness (QED) is 0.477. The Morgan fingerprint density at radius 3 is 2.23 bits per heavy atom. The van der Waals surface area contributed by atoms with Gasteiger partial charge in [-0.2, -0.15) is 0 Å². The van der Waals surface area contributed by atoms with Crippen LogP contribution in [-0.4, -0.2) is 29.8 Å². The first kappa shape index (κ1) is 21.1. The van der Waals surface area contributed by atoms with E-state index in [0.717, 1.165) is 32.3 Å². The zero-order valence-corrected chi connectivity index (χ0v) is 18.3. The summed E-state index contributed by atoms with van der Waals surface area (Å²) in [6.07, 6.45) is -0.393. The molecule has 0 fully saturated rings. The van der Waals surface area contributed by atoms with Gasteiger partial charge in [0.05, 0.1) is 6.42 Å². The van der Waals surface area contributed by atoms with E-state index in [2.05, 4.69) is 45.5 Å². The Labute approximate surface area is 189 Å². The SMILES string of the molecule is O=C(O)C[C@H](Cc1cccc(Br)c1)NC(=O)OCC1c2ccccc2-c2ccccc21. The van der Waals surface area contributed by atoms with Gasteiger partial charge in [0.25, 0.3) is 0 Å².